The van der Waals surface area contributed by atoms with Gasteiger partial charge in [0, 0.05) is 6.42 Å². The molecule has 0 fully saturated rings. The van der Waals surface area contributed by atoms with Gasteiger partial charge in [-0.25, -0.2) is 0 Å². The number of rotatable bonds is 61. The van der Waals surface area contributed by atoms with Crippen molar-refractivity contribution in [2.24, 2.45) is 0 Å². The lowest BCUT2D eigenvalue weighted by molar-refractivity contribution is -0.870. The van der Waals surface area contributed by atoms with Crippen LogP contribution in [0.1, 0.15) is 303 Å². The summed E-state index contributed by atoms with van der Waals surface area (Å²) in [5.41, 5.74) is 0. The number of quaternary nitrogens is 1. The largest absolute Gasteiger partial charge is 0.756 e. The summed E-state index contributed by atoms with van der Waals surface area (Å²) in [5, 5.41) is 13.9. The van der Waals surface area contributed by atoms with Crippen LogP contribution < -0.4 is 10.2 Å². The van der Waals surface area contributed by atoms with Crippen LogP contribution >= 0.6 is 7.82 Å². The summed E-state index contributed by atoms with van der Waals surface area (Å²) in [6.07, 6.45) is 85.6. The molecule has 0 bridgehead atoms. The highest BCUT2D eigenvalue weighted by Gasteiger charge is 2.23. The highest BCUT2D eigenvalue weighted by molar-refractivity contribution is 7.45. The van der Waals surface area contributed by atoms with Crippen molar-refractivity contribution < 1.29 is 32.9 Å². The molecule has 0 radical (unpaired) electrons. The minimum absolute atomic E-state index is 0.0111. The fourth-order valence-electron chi connectivity index (χ4n) is 9.65. The predicted octanol–water partition coefficient (Wildman–Crippen LogP) is 20.5. The summed E-state index contributed by atoms with van der Waals surface area (Å²) < 4.78 is 23.4. The highest BCUT2D eigenvalue weighted by Crippen LogP contribution is 2.38. The molecular formula is C70H129N2O6P. The molecule has 0 aromatic heterocycles. The zero-order chi connectivity index (χ0) is 57.7. The molecule has 460 valence electrons. The number of hydrogen-bond donors (Lipinski definition) is 2. The summed E-state index contributed by atoms with van der Waals surface area (Å²) in [5.74, 6) is -0.210. The van der Waals surface area contributed by atoms with E-state index < -0.39 is 26.6 Å². The fraction of sp³-hybridized carbons (Fsp3) is 0.786. The normalized spacial score (nSPS) is 14.3. The first-order valence-electron chi connectivity index (χ1n) is 33.4. The lowest BCUT2D eigenvalue weighted by Gasteiger charge is -2.29. The zero-order valence-electron chi connectivity index (χ0n) is 52.6. The SMILES string of the molecule is CC/C=C\C/C=C\C/C=C\C/C=C\CCCCCCCCCCCCCCCCCCC(=O)NC(COP(=O)([O-])OCC[N+](C)(C)C)C(O)/C=C/CC/C=C/CC/C=C/CCCCCCCCCCCCCCCCCCCC. The van der Waals surface area contributed by atoms with Gasteiger partial charge < -0.3 is 28.8 Å². The molecule has 3 unspecified atom stereocenters. The molecule has 0 heterocycles. The molecular weight excluding hydrogens is 996 g/mol. The first-order chi connectivity index (χ1) is 38.5. The van der Waals surface area contributed by atoms with Crippen LogP contribution in [0.15, 0.2) is 85.1 Å². The Balaban J connectivity index is 4.17. The van der Waals surface area contributed by atoms with Crippen molar-refractivity contribution in [1.82, 2.24) is 5.32 Å². The molecule has 0 aromatic carbocycles. The van der Waals surface area contributed by atoms with Gasteiger partial charge in [-0.05, 0) is 83.5 Å². The number of unbranched alkanes of at least 4 members (excludes halogenated alkanes) is 36. The maximum absolute atomic E-state index is 13.0. The Kier molecular flexibility index (Phi) is 58.5. The Morgan fingerprint density at radius 1 is 0.456 bits per heavy atom. The fourth-order valence-corrected chi connectivity index (χ4v) is 10.4. The van der Waals surface area contributed by atoms with Crippen LogP contribution in [-0.4, -0.2) is 68.5 Å². The number of aliphatic hydroxyl groups excluding tert-OH is 1. The number of allylic oxidation sites excluding steroid dienone is 13. The van der Waals surface area contributed by atoms with Crippen molar-refractivity contribution >= 4 is 13.7 Å². The van der Waals surface area contributed by atoms with Crippen molar-refractivity contribution in [3.8, 4) is 0 Å². The van der Waals surface area contributed by atoms with Crippen LogP contribution in [0.25, 0.3) is 0 Å². The van der Waals surface area contributed by atoms with Crippen LogP contribution in [0.3, 0.4) is 0 Å². The topological polar surface area (TPSA) is 108 Å². The monoisotopic (exact) mass is 1120 g/mol. The van der Waals surface area contributed by atoms with E-state index in [1.165, 1.54) is 212 Å². The number of phosphoric acid groups is 1. The summed E-state index contributed by atoms with van der Waals surface area (Å²) >= 11 is 0. The smallest absolute Gasteiger partial charge is 0.268 e. The van der Waals surface area contributed by atoms with E-state index in [0.29, 0.717) is 17.4 Å². The van der Waals surface area contributed by atoms with E-state index in [1.54, 1.807) is 6.08 Å². The number of amides is 1. The van der Waals surface area contributed by atoms with E-state index in [1.807, 2.05) is 27.2 Å². The Labute approximate surface area is 490 Å². The Hall–Kier alpha value is -2.32. The first-order valence-corrected chi connectivity index (χ1v) is 34.9. The molecule has 0 spiro atoms. The van der Waals surface area contributed by atoms with Gasteiger partial charge in [-0.15, -0.1) is 0 Å². The third-order valence-corrected chi connectivity index (χ3v) is 15.8. The zero-order valence-corrected chi connectivity index (χ0v) is 53.5. The van der Waals surface area contributed by atoms with E-state index in [9.17, 15) is 19.4 Å². The number of nitrogens with zero attached hydrogens (tertiary/aromatic N) is 1. The van der Waals surface area contributed by atoms with Crippen molar-refractivity contribution in [3.63, 3.8) is 0 Å². The summed E-state index contributed by atoms with van der Waals surface area (Å²) in [4.78, 5) is 25.6. The van der Waals surface area contributed by atoms with Crippen LogP contribution in [0.4, 0.5) is 0 Å². The predicted molar refractivity (Wildman–Crippen MR) is 343 cm³/mol. The molecule has 9 heteroatoms. The quantitative estimate of drug-likeness (QED) is 0.0272. The minimum atomic E-state index is -4.62. The van der Waals surface area contributed by atoms with Gasteiger partial charge in [-0.1, -0.05) is 298 Å². The standard InChI is InChI=1S/C70H129N2O6P/c1-6-8-10-12-14-16-18-20-22-24-26-28-30-32-34-36-38-40-42-44-46-48-50-52-54-56-58-60-62-64-70(74)71-68(67-78-79(75,76)77-66-65-72(3,4)5)69(73)63-61-59-57-55-53-51-49-47-45-43-41-39-37-35-33-31-29-27-25-23-21-19-17-15-13-11-9-7-2/h8,10,14,16,20,22,26,28,45,47,53,55,61,63,68-69,73H,6-7,9,11-13,15,17-19,21,23-25,27,29-44,46,48-52,54,56-60,62,64-67H2,1-5H3,(H-,71,74,75,76)/b10-8-,16-14-,22-20-,28-26-,47-45+,55-53+,63-61+. The van der Waals surface area contributed by atoms with Crippen LogP contribution in [0, 0.1) is 0 Å². The molecule has 1 amide bonds. The average molecular weight is 1130 g/mol. The second kappa shape index (κ2) is 60.3. The van der Waals surface area contributed by atoms with Crippen molar-refractivity contribution in [2.75, 3.05) is 40.9 Å². The molecule has 0 aromatic rings. The molecule has 0 aliphatic carbocycles. The van der Waals surface area contributed by atoms with Gasteiger partial charge in [0.15, 0.2) is 0 Å². The van der Waals surface area contributed by atoms with Crippen LogP contribution in [-0.2, 0) is 18.4 Å². The molecule has 0 saturated carbocycles. The number of carbonyl (C=O) groups excluding carboxylic acids is 1. The number of aliphatic hydroxyl groups is 1. The van der Waals surface area contributed by atoms with Crippen molar-refractivity contribution in [3.05, 3.63) is 85.1 Å². The molecule has 0 aliphatic heterocycles. The molecule has 0 saturated heterocycles. The third-order valence-electron chi connectivity index (χ3n) is 14.8. The molecule has 2 N–H and O–H groups in total. The molecule has 0 rings (SSSR count). The van der Waals surface area contributed by atoms with Crippen LogP contribution in [0.2, 0.25) is 0 Å². The van der Waals surface area contributed by atoms with Crippen LogP contribution in [0.5, 0.6) is 0 Å². The maximum Gasteiger partial charge on any atom is 0.268 e. The maximum atomic E-state index is 13.0. The van der Waals surface area contributed by atoms with Gasteiger partial charge in [0.05, 0.1) is 39.9 Å². The number of phosphoric ester groups is 1. The van der Waals surface area contributed by atoms with Gasteiger partial charge in [-0.3, -0.25) is 9.36 Å². The number of likely N-dealkylation sites (N-methyl/N-ethyl adjacent to an activating group) is 1. The lowest BCUT2D eigenvalue weighted by atomic mass is 10.0. The third kappa shape index (κ3) is 63.1. The Morgan fingerprint density at radius 3 is 1.18 bits per heavy atom. The van der Waals surface area contributed by atoms with Gasteiger partial charge in [0.1, 0.15) is 13.2 Å². The van der Waals surface area contributed by atoms with E-state index in [0.717, 1.165) is 70.6 Å². The summed E-state index contributed by atoms with van der Waals surface area (Å²) in [6, 6.07) is -0.915. The highest BCUT2D eigenvalue weighted by atomic mass is 31.2. The van der Waals surface area contributed by atoms with Gasteiger partial charge in [0.25, 0.3) is 7.82 Å². The molecule has 0 aliphatic rings. The Morgan fingerprint density at radius 2 is 0.785 bits per heavy atom. The number of hydrogen-bond acceptors (Lipinski definition) is 6. The van der Waals surface area contributed by atoms with Gasteiger partial charge in [0.2, 0.25) is 5.91 Å². The van der Waals surface area contributed by atoms with Crippen molar-refractivity contribution in [2.45, 2.75) is 315 Å². The molecule has 8 nitrogen and oxygen atoms in total. The van der Waals surface area contributed by atoms with Gasteiger partial charge >= 0.3 is 0 Å². The summed E-state index contributed by atoms with van der Waals surface area (Å²) in [6.45, 7) is 4.54. The summed E-state index contributed by atoms with van der Waals surface area (Å²) in [7, 11) is 1.24. The van der Waals surface area contributed by atoms with E-state index in [4.69, 9.17) is 9.05 Å². The average Bonchev–Trinajstić information content (AvgIpc) is 3.42. The van der Waals surface area contributed by atoms with E-state index in [2.05, 4.69) is 92.1 Å². The second-order valence-corrected chi connectivity index (χ2v) is 25.2. The number of nitrogens with one attached hydrogen (secondary N) is 1. The lowest BCUT2D eigenvalue weighted by Crippen LogP contribution is -2.45. The van der Waals surface area contributed by atoms with E-state index >= 15 is 0 Å². The number of carbonyl (C=O) groups is 1. The second-order valence-electron chi connectivity index (χ2n) is 23.8. The van der Waals surface area contributed by atoms with Gasteiger partial charge in [-0.2, -0.15) is 0 Å². The van der Waals surface area contributed by atoms with Crippen molar-refractivity contribution in [1.29, 1.82) is 0 Å². The molecule has 3 atom stereocenters. The Bertz CT molecular complexity index is 1560. The van der Waals surface area contributed by atoms with E-state index in [-0.39, 0.29) is 12.5 Å². The first kappa shape index (κ1) is 76.7. The molecule has 79 heavy (non-hydrogen) atoms. The minimum Gasteiger partial charge on any atom is -0.756 e.